The van der Waals surface area contributed by atoms with Gasteiger partial charge >= 0.3 is 0 Å². The van der Waals surface area contributed by atoms with E-state index in [0.29, 0.717) is 19.8 Å². The highest BCUT2D eigenvalue weighted by atomic mass is 16.5. The molecule has 0 aliphatic rings. The molecular formula is C22H28O4. The van der Waals surface area contributed by atoms with Gasteiger partial charge in [0.1, 0.15) is 11.7 Å². The molecule has 0 aromatic heterocycles. The molecule has 0 saturated heterocycles. The number of benzene rings is 2. The highest BCUT2D eigenvalue weighted by Crippen LogP contribution is 2.27. The molecule has 0 fully saturated rings. The fourth-order valence-corrected chi connectivity index (χ4v) is 2.62. The zero-order chi connectivity index (χ0) is 18.8. The van der Waals surface area contributed by atoms with Crippen molar-refractivity contribution in [3.8, 4) is 0 Å². The SMILES string of the molecule is COCCCOC(C)(C)C(=O)C(OCc1ccccc1)c1ccccc1. The maximum Gasteiger partial charge on any atom is 0.197 e. The van der Waals surface area contributed by atoms with Gasteiger partial charge in [-0.05, 0) is 31.4 Å². The lowest BCUT2D eigenvalue weighted by Gasteiger charge is -2.29. The largest absolute Gasteiger partial charge is 0.385 e. The van der Waals surface area contributed by atoms with Crippen LogP contribution in [0.3, 0.4) is 0 Å². The third kappa shape index (κ3) is 6.06. The predicted octanol–water partition coefficient (Wildman–Crippen LogP) is 4.35. The summed E-state index contributed by atoms with van der Waals surface area (Å²) in [6.45, 7) is 5.03. The molecule has 0 saturated carbocycles. The molecule has 140 valence electrons. The number of hydrogen-bond acceptors (Lipinski definition) is 4. The summed E-state index contributed by atoms with van der Waals surface area (Å²) < 4.78 is 16.9. The van der Waals surface area contributed by atoms with E-state index in [1.165, 1.54) is 0 Å². The van der Waals surface area contributed by atoms with Gasteiger partial charge in [-0.3, -0.25) is 4.79 Å². The number of hydrogen-bond donors (Lipinski definition) is 0. The topological polar surface area (TPSA) is 44.8 Å². The van der Waals surface area contributed by atoms with Crippen LogP contribution in [0.25, 0.3) is 0 Å². The maximum atomic E-state index is 13.2. The van der Waals surface area contributed by atoms with Gasteiger partial charge in [0, 0.05) is 13.7 Å². The Bertz CT molecular complexity index is 652. The summed E-state index contributed by atoms with van der Waals surface area (Å²) in [6.07, 6.45) is 0.0718. The van der Waals surface area contributed by atoms with Gasteiger partial charge in [0.15, 0.2) is 5.78 Å². The van der Waals surface area contributed by atoms with Gasteiger partial charge in [0.05, 0.1) is 13.2 Å². The number of methoxy groups -OCH3 is 1. The van der Waals surface area contributed by atoms with E-state index in [0.717, 1.165) is 17.5 Å². The van der Waals surface area contributed by atoms with Crippen molar-refractivity contribution in [1.82, 2.24) is 0 Å². The molecule has 0 radical (unpaired) electrons. The molecule has 1 atom stereocenters. The summed E-state index contributed by atoms with van der Waals surface area (Å²) in [4.78, 5) is 13.2. The number of Topliss-reactive ketones (excluding diaryl/α,β-unsaturated/α-hetero) is 1. The van der Waals surface area contributed by atoms with Gasteiger partial charge in [0.2, 0.25) is 0 Å². The molecule has 0 bridgehead atoms. The lowest BCUT2D eigenvalue weighted by molar-refractivity contribution is -0.154. The smallest absolute Gasteiger partial charge is 0.197 e. The van der Waals surface area contributed by atoms with Crippen LogP contribution in [0.4, 0.5) is 0 Å². The van der Waals surface area contributed by atoms with Crippen LogP contribution in [0.2, 0.25) is 0 Å². The van der Waals surface area contributed by atoms with E-state index in [-0.39, 0.29) is 5.78 Å². The molecular weight excluding hydrogens is 328 g/mol. The lowest BCUT2D eigenvalue weighted by atomic mass is 9.93. The first-order valence-corrected chi connectivity index (χ1v) is 8.92. The first-order chi connectivity index (χ1) is 12.5. The number of carbonyl (C=O) groups is 1. The van der Waals surface area contributed by atoms with Crippen molar-refractivity contribution in [1.29, 1.82) is 0 Å². The van der Waals surface area contributed by atoms with Crippen molar-refractivity contribution in [3.05, 3.63) is 71.8 Å². The fraction of sp³-hybridized carbons (Fsp3) is 0.409. The minimum absolute atomic E-state index is 0.0861. The van der Waals surface area contributed by atoms with Crippen LogP contribution >= 0.6 is 0 Å². The predicted molar refractivity (Wildman–Crippen MR) is 102 cm³/mol. The van der Waals surface area contributed by atoms with Crippen molar-refractivity contribution >= 4 is 5.78 Å². The summed E-state index contributed by atoms with van der Waals surface area (Å²) in [6, 6.07) is 19.4. The number of carbonyl (C=O) groups excluding carboxylic acids is 1. The van der Waals surface area contributed by atoms with Gasteiger partial charge in [-0.25, -0.2) is 0 Å². The van der Waals surface area contributed by atoms with Crippen molar-refractivity contribution in [2.75, 3.05) is 20.3 Å². The molecule has 1 unspecified atom stereocenters. The Morgan fingerprint density at radius 3 is 2.19 bits per heavy atom. The summed E-state index contributed by atoms with van der Waals surface area (Å²) in [5.41, 5.74) is 0.923. The van der Waals surface area contributed by atoms with E-state index in [4.69, 9.17) is 14.2 Å². The normalized spacial score (nSPS) is 12.7. The summed E-state index contributed by atoms with van der Waals surface area (Å²) in [7, 11) is 1.65. The Balaban J connectivity index is 2.10. The third-order valence-electron chi connectivity index (χ3n) is 4.15. The van der Waals surface area contributed by atoms with Gasteiger partial charge in [-0.1, -0.05) is 60.7 Å². The zero-order valence-corrected chi connectivity index (χ0v) is 15.8. The molecule has 4 nitrogen and oxygen atoms in total. The van der Waals surface area contributed by atoms with Crippen LogP contribution in [0.5, 0.6) is 0 Å². The van der Waals surface area contributed by atoms with Gasteiger partial charge < -0.3 is 14.2 Å². The van der Waals surface area contributed by atoms with Crippen molar-refractivity contribution in [2.24, 2.45) is 0 Å². The van der Waals surface area contributed by atoms with Gasteiger partial charge in [0.25, 0.3) is 0 Å². The van der Waals surface area contributed by atoms with Crippen LogP contribution in [0, 0.1) is 0 Å². The molecule has 4 heteroatoms. The van der Waals surface area contributed by atoms with Gasteiger partial charge in [-0.2, -0.15) is 0 Å². The molecule has 0 heterocycles. The second-order valence-electron chi connectivity index (χ2n) is 6.66. The fourth-order valence-electron chi connectivity index (χ4n) is 2.62. The average molecular weight is 356 g/mol. The van der Waals surface area contributed by atoms with E-state index in [1.807, 2.05) is 60.7 Å². The minimum Gasteiger partial charge on any atom is -0.385 e. The van der Waals surface area contributed by atoms with Gasteiger partial charge in [-0.15, -0.1) is 0 Å². The Labute approximate surface area is 156 Å². The van der Waals surface area contributed by atoms with Crippen LogP contribution in [0.1, 0.15) is 37.5 Å². The highest BCUT2D eigenvalue weighted by Gasteiger charge is 2.36. The molecule has 0 spiro atoms. The molecule has 0 amide bonds. The van der Waals surface area contributed by atoms with E-state index in [9.17, 15) is 4.79 Å². The number of ketones is 1. The number of ether oxygens (including phenoxy) is 3. The molecule has 0 N–H and O–H groups in total. The molecule has 0 aliphatic heterocycles. The van der Waals surface area contributed by atoms with Crippen LogP contribution in [0.15, 0.2) is 60.7 Å². The zero-order valence-electron chi connectivity index (χ0n) is 15.8. The quantitative estimate of drug-likeness (QED) is 0.562. The van der Waals surface area contributed by atoms with Crippen molar-refractivity contribution < 1.29 is 19.0 Å². The van der Waals surface area contributed by atoms with Crippen LogP contribution in [-0.2, 0) is 25.6 Å². The first kappa shape index (κ1) is 20.3. The second kappa shape index (κ2) is 10.2. The van der Waals surface area contributed by atoms with E-state index in [2.05, 4.69) is 0 Å². The summed E-state index contributed by atoms with van der Waals surface area (Å²) >= 11 is 0. The van der Waals surface area contributed by atoms with Crippen LogP contribution < -0.4 is 0 Å². The summed E-state index contributed by atoms with van der Waals surface area (Å²) in [5, 5.41) is 0. The lowest BCUT2D eigenvalue weighted by Crippen LogP contribution is -2.40. The second-order valence-corrected chi connectivity index (χ2v) is 6.66. The van der Waals surface area contributed by atoms with Crippen LogP contribution in [-0.4, -0.2) is 31.7 Å². The third-order valence-corrected chi connectivity index (χ3v) is 4.15. The average Bonchev–Trinajstić information content (AvgIpc) is 2.67. The highest BCUT2D eigenvalue weighted by molar-refractivity contribution is 5.91. The Morgan fingerprint density at radius 2 is 1.58 bits per heavy atom. The van der Waals surface area contributed by atoms with E-state index in [1.54, 1.807) is 21.0 Å². The Kier molecular flexibility index (Phi) is 7.98. The van der Waals surface area contributed by atoms with E-state index >= 15 is 0 Å². The standard InChI is InChI=1S/C22H28O4/c1-22(2,26-16-10-15-24-3)21(23)20(19-13-8-5-9-14-19)25-17-18-11-6-4-7-12-18/h4-9,11-14,20H,10,15-17H2,1-3H3. The minimum atomic E-state index is -0.940. The maximum absolute atomic E-state index is 13.2. The first-order valence-electron chi connectivity index (χ1n) is 8.92. The van der Waals surface area contributed by atoms with Crippen molar-refractivity contribution in [3.63, 3.8) is 0 Å². The monoisotopic (exact) mass is 356 g/mol. The van der Waals surface area contributed by atoms with E-state index < -0.39 is 11.7 Å². The Morgan fingerprint density at radius 1 is 0.962 bits per heavy atom. The van der Waals surface area contributed by atoms with Crippen molar-refractivity contribution in [2.45, 2.75) is 38.6 Å². The molecule has 2 aromatic rings. The summed E-state index contributed by atoms with van der Waals surface area (Å²) in [5.74, 6) is -0.0861. The molecule has 2 aromatic carbocycles. The Hall–Kier alpha value is -2.01. The molecule has 2 rings (SSSR count). The molecule has 26 heavy (non-hydrogen) atoms. The molecule has 0 aliphatic carbocycles. The number of rotatable bonds is 11.